The Bertz CT molecular complexity index is 210. The van der Waals surface area contributed by atoms with Crippen LogP contribution >= 0.6 is 0 Å². The minimum atomic E-state index is 0.211. The van der Waals surface area contributed by atoms with Gasteiger partial charge in [-0.1, -0.05) is 19.3 Å². The third kappa shape index (κ3) is 4.52. The van der Waals surface area contributed by atoms with Gasteiger partial charge in [-0.25, -0.2) is 0 Å². The van der Waals surface area contributed by atoms with Crippen LogP contribution in [-0.4, -0.2) is 37.5 Å². The minimum Gasteiger partial charge on any atom is -0.349 e. The Hall–Kier alpha value is -0.570. The predicted molar refractivity (Wildman–Crippen MR) is 67.4 cm³/mol. The van der Waals surface area contributed by atoms with Crippen LogP contribution in [0.5, 0.6) is 0 Å². The molecule has 1 saturated carbocycles. The smallest absolute Gasteiger partial charge is 0.223 e. The van der Waals surface area contributed by atoms with E-state index >= 15 is 0 Å². The number of amides is 1. The average molecular weight is 226 g/mol. The summed E-state index contributed by atoms with van der Waals surface area (Å²) in [7, 11) is 3.62. The van der Waals surface area contributed by atoms with E-state index in [1.807, 2.05) is 14.1 Å². The van der Waals surface area contributed by atoms with E-state index in [0.29, 0.717) is 12.5 Å². The number of hydrogen-bond donors (Lipinski definition) is 1. The quantitative estimate of drug-likeness (QED) is 0.778. The lowest BCUT2D eigenvalue weighted by atomic mass is 9.84. The highest BCUT2D eigenvalue weighted by atomic mass is 16.2. The Balaban J connectivity index is 2.14. The summed E-state index contributed by atoms with van der Waals surface area (Å²) in [6.07, 6.45) is 7.50. The fourth-order valence-electron chi connectivity index (χ4n) is 2.43. The van der Waals surface area contributed by atoms with Crippen LogP contribution in [0.25, 0.3) is 0 Å². The van der Waals surface area contributed by atoms with Crippen molar-refractivity contribution >= 4 is 5.91 Å². The molecular weight excluding hydrogens is 200 g/mol. The molecule has 0 bridgehead atoms. The lowest BCUT2D eigenvalue weighted by Gasteiger charge is -2.28. The van der Waals surface area contributed by atoms with Crippen molar-refractivity contribution in [3.63, 3.8) is 0 Å². The molecule has 1 aliphatic rings. The highest BCUT2D eigenvalue weighted by Crippen LogP contribution is 2.26. The second-order valence-corrected chi connectivity index (χ2v) is 5.18. The van der Waals surface area contributed by atoms with Gasteiger partial charge in [-0.15, -0.1) is 0 Å². The first-order valence-corrected chi connectivity index (χ1v) is 6.55. The zero-order chi connectivity index (χ0) is 12.0. The minimum absolute atomic E-state index is 0.211. The van der Waals surface area contributed by atoms with Gasteiger partial charge in [0.05, 0.1) is 0 Å². The van der Waals surface area contributed by atoms with E-state index in [2.05, 4.69) is 12.2 Å². The zero-order valence-corrected chi connectivity index (χ0v) is 11.0. The van der Waals surface area contributed by atoms with Crippen molar-refractivity contribution in [3.05, 3.63) is 0 Å². The molecule has 16 heavy (non-hydrogen) atoms. The van der Waals surface area contributed by atoms with Gasteiger partial charge < -0.3 is 10.2 Å². The summed E-state index contributed by atoms with van der Waals surface area (Å²) in [6.45, 7) is 3.07. The maximum Gasteiger partial charge on any atom is 0.223 e. The number of carbonyl (C=O) groups is 1. The van der Waals surface area contributed by atoms with Crippen molar-refractivity contribution in [1.82, 2.24) is 10.2 Å². The van der Waals surface area contributed by atoms with Crippen LogP contribution in [0.15, 0.2) is 0 Å². The molecule has 1 aliphatic carbocycles. The fourth-order valence-corrected chi connectivity index (χ4v) is 2.43. The van der Waals surface area contributed by atoms with Gasteiger partial charge in [0.25, 0.3) is 0 Å². The third-order valence-corrected chi connectivity index (χ3v) is 3.66. The molecule has 1 N–H and O–H groups in total. The van der Waals surface area contributed by atoms with Crippen molar-refractivity contribution in [3.8, 4) is 0 Å². The molecule has 1 amide bonds. The highest BCUT2D eigenvalue weighted by molar-refractivity contribution is 5.75. The summed E-state index contributed by atoms with van der Waals surface area (Å²) in [5.41, 5.74) is 0. The first-order chi connectivity index (χ1) is 7.61. The lowest BCUT2D eigenvalue weighted by molar-refractivity contribution is -0.128. The largest absolute Gasteiger partial charge is 0.349 e. The Labute approximate surface area is 99.6 Å². The Morgan fingerprint density at radius 3 is 2.50 bits per heavy atom. The van der Waals surface area contributed by atoms with Gasteiger partial charge in [-0.05, 0) is 25.7 Å². The molecule has 94 valence electrons. The Morgan fingerprint density at radius 2 is 1.94 bits per heavy atom. The van der Waals surface area contributed by atoms with Gasteiger partial charge in [0.15, 0.2) is 0 Å². The molecule has 1 fully saturated rings. The van der Waals surface area contributed by atoms with Gasteiger partial charge >= 0.3 is 0 Å². The molecule has 0 aromatic carbocycles. The molecule has 0 radical (unpaired) electrons. The Kier molecular flexibility index (Phi) is 5.81. The van der Waals surface area contributed by atoms with Gasteiger partial charge in [-0.2, -0.15) is 0 Å². The topological polar surface area (TPSA) is 32.3 Å². The molecule has 1 atom stereocenters. The SMILES string of the molecule is C[C@@H](NCCC(=O)N(C)C)C1CCCCC1. The average Bonchev–Trinajstić information content (AvgIpc) is 2.29. The van der Waals surface area contributed by atoms with Gasteiger partial charge in [0, 0.05) is 33.1 Å². The second-order valence-electron chi connectivity index (χ2n) is 5.18. The normalized spacial score (nSPS) is 19.4. The van der Waals surface area contributed by atoms with Gasteiger partial charge in [0.2, 0.25) is 5.91 Å². The second kappa shape index (κ2) is 6.89. The van der Waals surface area contributed by atoms with Crippen molar-refractivity contribution < 1.29 is 4.79 Å². The molecular formula is C13H26N2O. The van der Waals surface area contributed by atoms with Crippen molar-refractivity contribution in [2.75, 3.05) is 20.6 Å². The van der Waals surface area contributed by atoms with Crippen LogP contribution < -0.4 is 5.32 Å². The van der Waals surface area contributed by atoms with E-state index in [1.54, 1.807) is 4.90 Å². The summed E-state index contributed by atoms with van der Waals surface area (Å²) in [4.78, 5) is 13.0. The summed E-state index contributed by atoms with van der Waals surface area (Å²) < 4.78 is 0. The fraction of sp³-hybridized carbons (Fsp3) is 0.923. The van der Waals surface area contributed by atoms with Crippen LogP contribution in [0.3, 0.4) is 0 Å². The van der Waals surface area contributed by atoms with Crippen molar-refractivity contribution in [2.45, 2.75) is 51.5 Å². The van der Waals surface area contributed by atoms with Crippen LogP contribution in [-0.2, 0) is 4.79 Å². The standard InChI is InChI=1S/C13H26N2O/c1-11(12-7-5-4-6-8-12)14-10-9-13(16)15(2)3/h11-12,14H,4-10H2,1-3H3/t11-/m1/s1. The number of nitrogens with zero attached hydrogens (tertiary/aromatic N) is 1. The lowest BCUT2D eigenvalue weighted by Crippen LogP contribution is -2.37. The van der Waals surface area contributed by atoms with E-state index in [0.717, 1.165) is 12.5 Å². The number of nitrogens with one attached hydrogen (secondary N) is 1. The van der Waals surface area contributed by atoms with E-state index in [4.69, 9.17) is 0 Å². The molecule has 3 heteroatoms. The van der Waals surface area contributed by atoms with Gasteiger partial charge in [0.1, 0.15) is 0 Å². The molecule has 0 unspecified atom stereocenters. The first-order valence-electron chi connectivity index (χ1n) is 6.55. The molecule has 0 aromatic rings. The summed E-state index contributed by atoms with van der Waals surface area (Å²) in [6, 6.07) is 0.565. The number of hydrogen-bond acceptors (Lipinski definition) is 2. The first kappa shape index (κ1) is 13.5. The molecule has 0 aromatic heterocycles. The van der Waals surface area contributed by atoms with Crippen molar-refractivity contribution in [1.29, 1.82) is 0 Å². The van der Waals surface area contributed by atoms with E-state index in [9.17, 15) is 4.79 Å². The van der Waals surface area contributed by atoms with E-state index in [-0.39, 0.29) is 5.91 Å². The van der Waals surface area contributed by atoms with Crippen LogP contribution in [0, 0.1) is 5.92 Å². The Morgan fingerprint density at radius 1 is 1.31 bits per heavy atom. The van der Waals surface area contributed by atoms with E-state index in [1.165, 1.54) is 32.1 Å². The summed E-state index contributed by atoms with van der Waals surface area (Å²) >= 11 is 0. The zero-order valence-electron chi connectivity index (χ0n) is 11.0. The monoisotopic (exact) mass is 226 g/mol. The molecule has 0 spiro atoms. The highest BCUT2D eigenvalue weighted by Gasteiger charge is 2.19. The summed E-state index contributed by atoms with van der Waals surface area (Å²) in [5, 5.41) is 3.49. The molecule has 0 heterocycles. The van der Waals surface area contributed by atoms with Crippen LogP contribution in [0.4, 0.5) is 0 Å². The predicted octanol–water partition coefficient (Wildman–Crippen LogP) is 2.02. The van der Waals surface area contributed by atoms with Crippen molar-refractivity contribution in [2.24, 2.45) is 5.92 Å². The van der Waals surface area contributed by atoms with Gasteiger partial charge in [-0.3, -0.25) is 4.79 Å². The maximum absolute atomic E-state index is 11.4. The molecule has 3 nitrogen and oxygen atoms in total. The molecule has 1 rings (SSSR count). The van der Waals surface area contributed by atoms with E-state index < -0.39 is 0 Å². The molecule has 0 aliphatic heterocycles. The number of carbonyl (C=O) groups excluding carboxylic acids is 1. The maximum atomic E-state index is 11.4. The van der Waals surface area contributed by atoms with Crippen LogP contribution in [0.2, 0.25) is 0 Å². The molecule has 0 saturated heterocycles. The summed E-state index contributed by atoms with van der Waals surface area (Å²) in [5.74, 6) is 1.03. The van der Waals surface area contributed by atoms with Crippen LogP contribution in [0.1, 0.15) is 45.4 Å². The third-order valence-electron chi connectivity index (χ3n) is 3.66. The number of rotatable bonds is 5.